The predicted octanol–water partition coefficient (Wildman–Crippen LogP) is 5.69. The van der Waals surface area contributed by atoms with Crippen LogP contribution < -0.4 is 0 Å². The lowest BCUT2D eigenvalue weighted by molar-refractivity contribution is -0.182. The predicted molar refractivity (Wildman–Crippen MR) is 487 cm³/mol. The van der Waals surface area contributed by atoms with Gasteiger partial charge in [-0.1, -0.05) is 154 Å². The summed E-state index contributed by atoms with van der Waals surface area (Å²) >= 11 is 3.53. The molecule has 37 heteroatoms. The zero-order valence-electron chi connectivity index (χ0n) is 64.2. The van der Waals surface area contributed by atoms with Crippen LogP contribution in [-0.2, 0) is 9.63 Å². The Bertz CT molecular complexity index is 3380. The van der Waals surface area contributed by atoms with E-state index in [4.69, 9.17) is 129 Å². The number of amides is 1. The van der Waals surface area contributed by atoms with Crippen molar-refractivity contribution in [2.24, 2.45) is 80.8 Å². The molecule has 8 aliphatic rings. The summed E-state index contributed by atoms with van der Waals surface area (Å²) in [6.45, 7) is 14.0. The fourth-order valence-electron chi connectivity index (χ4n) is 23.7. The van der Waals surface area contributed by atoms with Gasteiger partial charge in [-0.05, 0) is 227 Å². The second kappa shape index (κ2) is 37.3. The van der Waals surface area contributed by atoms with Crippen molar-refractivity contribution in [2.45, 2.75) is 176 Å². The average Bonchev–Trinajstić information content (AvgIpc) is 1.42. The highest BCUT2D eigenvalue weighted by molar-refractivity contribution is 9.10. The molecule has 0 aromatic heterocycles. The molecule has 0 aliphatic heterocycles. The number of carbonyl (C=O) groups excluding carboxylic acids is 2. The van der Waals surface area contributed by atoms with Gasteiger partial charge in [0.1, 0.15) is 0 Å². The molecule has 1 amide bonds. The Kier molecular flexibility index (Phi) is 31.6. The van der Waals surface area contributed by atoms with Gasteiger partial charge in [0.15, 0.2) is 5.78 Å². The van der Waals surface area contributed by atoms with E-state index in [2.05, 4.69) is 129 Å². The van der Waals surface area contributed by atoms with Crippen LogP contribution in [0.25, 0.3) is 22.3 Å². The molecular weight excluding hydrogens is 1330 g/mol. The highest BCUT2D eigenvalue weighted by Crippen LogP contribution is 2.70. The van der Waals surface area contributed by atoms with Crippen LogP contribution in [-0.4, -0.2) is 266 Å². The number of rotatable bonds is 19. The van der Waals surface area contributed by atoms with Crippen LogP contribution in [0.15, 0.2) is 114 Å². The third kappa shape index (κ3) is 19.1. The normalized spacial score (nSPS) is 31.2. The fourth-order valence-corrected chi connectivity index (χ4v) is 24.2. The van der Waals surface area contributed by atoms with E-state index in [1.165, 1.54) is 93.2 Å². The van der Waals surface area contributed by atoms with Gasteiger partial charge in [-0.15, -0.1) is 0 Å². The number of hydroxylamine groups is 2. The SMILES string of the molecule is Brc1ccccc1-c1ccccc1.C.CON(C)C(=O)[C@H]1CC[C@H]2[C@@H]3CC[C@H]4C[C@](C)(O)CC[C@]4(C)[C@H]3CC[C@]12C.C[C@@]1(O)CC[C@@]2(C)[C@@H](CC[C@@H]3[C@@H]2CC[C@]2(C)[C@@H](C(=O)c4ccccc4-c4ccccc4)CC[C@@H]32)C1.[B]B([B])B(B([B])[B])B(B(B([B])[B])B([B])[B])B(B(B([B])[B])B([B])[B])B(B([B])[B])B([B])[B]. The number of nitrogens with zero attached hydrogens (tertiary/aromatic N) is 1. The summed E-state index contributed by atoms with van der Waals surface area (Å²) in [6.07, 6.45) is 6.93. The molecule has 0 spiro atoms. The third-order valence-electron chi connectivity index (χ3n) is 29.1. The van der Waals surface area contributed by atoms with Crippen molar-refractivity contribution >= 4 is 241 Å². The maximum Gasteiger partial charge on any atom is 0.249 e. The highest BCUT2D eigenvalue weighted by atomic mass is 79.9. The minimum absolute atomic E-state index is 0. The largest absolute Gasteiger partial charge is 0.390 e. The molecule has 2 N–H and O–H groups in total. The molecule has 4 aromatic rings. The van der Waals surface area contributed by atoms with Gasteiger partial charge in [0.05, 0.1) is 18.3 Å². The van der Waals surface area contributed by atoms with Crippen molar-refractivity contribution in [2.75, 3.05) is 14.2 Å². The van der Waals surface area contributed by atoms with Gasteiger partial charge in [-0.3, -0.25) is 14.4 Å². The van der Waals surface area contributed by atoms with Crippen molar-refractivity contribution < 1.29 is 24.6 Å². The molecule has 6 nitrogen and oxygen atoms in total. The van der Waals surface area contributed by atoms with Gasteiger partial charge in [0.25, 0.3) is 0 Å². The Balaban J connectivity index is 0.000000185. The summed E-state index contributed by atoms with van der Waals surface area (Å²) in [5.41, 5.74) is 5.69. The van der Waals surface area contributed by atoms with Crippen molar-refractivity contribution in [3.63, 3.8) is 0 Å². The average molecular weight is 1420 g/mol. The molecule has 8 aliphatic carbocycles. The smallest absolute Gasteiger partial charge is 0.249 e. The number of hydrogen-bond acceptors (Lipinski definition) is 5. The van der Waals surface area contributed by atoms with E-state index in [-0.39, 0.29) is 36.0 Å². The minimum atomic E-state index is -1.07. The molecule has 106 heavy (non-hydrogen) atoms. The molecule has 0 bridgehead atoms. The van der Waals surface area contributed by atoms with Crippen molar-refractivity contribution in [3.05, 3.63) is 119 Å². The second-order valence-corrected chi connectivity index (χ2v) is 36.1. The topological polar surface area (TPSA) is 87.1 Å². The summed E-state index contributed by atoms with van der Waals surface area (Å²) in [5.74, 6) is 6.53. The molecule has 16 atom stereocenters. The van der Waals surface area contributed by atoms with Gasteiger partial charge in [-0.25, -0.2) is 5.06 Å². The van der Waals surface area contributed by atoms with E-state index < -0.39 is 101 Å². The summed E-state index contributed by atoms with van der Waals surface area (Å²) in [6, 6.07) is 37.3. The number of Topliss-reactive ketones (excluding diaryl/α,β-unsaturated/α-hetero) is 1. The quantitative estimate of drug-likeness (QED) is 0.0717. The first-order valence-electron chi connectivity index (χ1n) is 39.1. The van der Waals surface area contributed by atoms with Crippen LogP contribution in [0.1, 0.15) is 175 Å². The molecule has 4 aromatic carbocycles. The lowest BCUT2D eigenvalue weighted by atomic mass is 8.31. The van der Waals surface area contributed by atoms with Crippen LogP contribution in [0.5, 0.6) is 0 Å². The molecule has 8 fully saturated rings. The summed E-state index contributed by atoms with van der Waals surface area (Å²) < 4.78 is 1.14. The van der Waals surface area contributed by atoms with Crippen LogP contribution in [0.2, 0.25) is 0 Å². The van der Waals surface area contributed by atoms with E-state index >= 15 is 0 Å². The molecule has 0 unspecified atom stereocenters. The first-order valence-corrected chi connectivity index (χ1v) is 39.9. The number of carbonyl (C=O) groups is 2. The van der Waals surface area contributed by atoms with Gasteiger partial charge in [0.2, 0.25) is 5.91 Å². The standard InChI is InChI=1S/C33H42O2.C23H39NO3.C12H9Br.CH4.B30/c1-31(35)19-20-32(2)23(21-31)13-14-26-27-15-16-29(33(27,3)18-17-28(26)32)30(34)25-12-8-7-11-24(25)22-9-5-4-6-10-22;1-21(26)12-13-22(2)15(14-21)6-7-16-17-8-9-19(20(25)24(4)27-5)23(17,3)11-10-18(16)22;13-12-9-5-4-8-11(12)10-6-2-1-3-7-10;;1-17(2)25(18(3)4)29(26(19(5)6)20(7)8)30(27(21(9)10)22(11)12)28(23(13)14)24(15)16/h4-12,23,26-29,35H,13-21H2,1-3H3;15-19,26H,6-14H2,1-5H3;1-9H;1H4;/t23-,26-,27-,28-,29+,31+,32-,33-;15-,16-,17-,18-,19+,21+,22-,23-;;;/m00.../s1. The van der Waals surface area contributed by atoms with Gasteiger partial charge in [0, 0.05) is 242 Å². The fraction of sp³-hybridized carbons (Fsp3) is 0.623. The summed E-state index contributed by atoms with van der Waals surface area (Å²) in [5, 5.41) is 22.9. The Hall–Kier alpha value is -1.67. The van der Waals surface area contributed by atoms with Crippen molar-refractivity contribution in [3.8, 4) is 22.3 Å². The van der Waals surface area contributed by atoms with Crippen LogP contribution in [0.3, 0.4) is 0 Å². The van der Waals surface area contributed by atoms with Crippen LogP contribution in [0, 0.1) is 80.8 Å². The maximum atomic E-state index is 14.2. The number of hydrogen-bond donors (Lipinski definition) is 2. The van der Waals surface area contributed by atoms with Crippen molar-refractivity contribution in [1.82, 2.24) is 5.06 Å². The van der Waals surface area contributed by atoms with E-state index in [1.807, 2.05) is 37.3 Å². The zero-order valence-corrected chi connectivity index (χ0v) is 65.7. The van der Waals surface area contributed by atoms with Crippen LogP contribution >= 0.6 is 15.9 Å². The second-order valence-electron chi connectivity index (χ2n) is 35.3. The number of ketones is 1. The van der Waals surface area contributed by atoms with E-state index in [1.54, 1.807) is 14.2 Å². The van der Waals surface area contributed by atoms with Gasteiger partial charge < -0.3 is 10.2 Å². The van der Waals surface area contributed by atoms with Crippen molar-refractivity contribution in [1.29, 1.82) is 0 Å². The molecule has 0 saturated heterocycles. The minimum Gasteiger partial charge on any atom is -0.390 e. The van der Waals surface area contributed by atoms with E-state index in [9.17, 15) is 19.8 Å². The number of halogens is 1. The summed E-state index contributed by atoms with van der Waals surface area (Å²) in [4.78, 5) is 32.4. The molecule has 8 saturated carbocycles. The highest BCUT2D eigenvalue weighted by Gasteiger charge is 2.64. The molecular formula is C69H94B30BrNO5. The Morgan fingerprint density at radius 1 is 0.406 bits per heavy atom. The first kappa shape index (κ1) is 89.9. The Labute approximate surface area is 677 Å². The monoisotopic (exact) mass is 1430 g/mol. The Morgan fingerprint density at radius 3 is 1.11 bits per heavy atom. The van der Waals surface area contributed by atoms with Gasteiger partial charge >= 0.3 is 0 Å². The molecule has 0 heterocycles. The lowest BCUT2D eigenvalue weighted by Gasteiger charge is -2.61. The lowest BCUT2D eigenvalue weighted by Crippen LogP contribution is -2.88. The van der Waals surface area contributed by atoms with Crippen LogP contribution in [0.4, 0.5) is 0 Å². The number of fused-ring (bicyclic) bond motifs is 10. The van der Waals surface area contributed by atoms with E-state index in [0.29, 0.717) is 40.3 Å². The first-order chi connectivity index (χ1) is 49.3. The van der Waals surface area contributed by atoms with E-state index in [0.717, 1.165) is 83.4 Å². The maximum absolute atomic E-state index is 14.2. The molecule has 502 valence electrons. The van der Waals surface area contributed by atoms with Gasteiger partial charge in [-0.2, -0.15) is 0 Å². The number of aliphatic hydroxyl groups is 2. The number of benzene rings is 4. The Morgan fingerprint density at radius 2 is 0.736 bits per heavy atom. The molecule has 12 rings (SSSR count). The summed E-state index contributed by atoms with van der Waals surface area (Å²) in [7, 11) is 99.7. The zero-order chi connectivity index (χ0) is 77.2. The molecule has 32 radical (unpaired) electrons. The third-order valence-corrected chi connectivity index (χ3v) is 29.8.